The summed E-state index contributed by atoms with van der Waals surface area (Å²) >= 11 is 0. The Hall–Kier alpha value is -0.980. The van der Waals surface area contributed by atoms with Gasteiger partial charge in [-0.1, -0.05) is 44.7 Å². The maximum atomic E-state index is 10.1. The SMILES string of the molecule is CCCCc1cccc(O)c1C1CCCCC1. The molecule has 1 aliphatic carbocycles. The number of benzene rings is 1. The first-order valence-electron chi connectivity index (χ1n) is 7.13. The molecule has 1 nitrogen and oxygen atoms in total. The van der Waals surface area contributed by atoms with Gasteiger partial charge in [-0.05, 0) is 43.2 Å². The van der Waals surface area contributed by atoms with Crippen LogP contribution in [0.15, 0.2) is 18.2 Å². The van der Waals surface area contributed by atoms with Crippen molar-refractivity contribution in [2.75, 3.05) is 0 Å². The maximum absolute atomic E-state index is 10.1. The second-order valence-electron chi connectivity index (χ2n) is 5.29. The molecule has 1 heteroatoms. The number of unbranched alkanes of at least 4 members (excludes halogenated alkanes) is 1. The van der Waals surface area contributed by atoms with Crippen molar-refractivity contribution >= 4 is 0 Å². The Balaban J connectivity index is 2.22. The van der Waals surface area contributed by atoms with Crippen LogP contribution in [0, 0.1) is 0 Å². The molecule has 2 rings (SSSR count). The summed E-state index contributed by atoms with van der Waals surface area (Å²) in [6.45, 7) is 2.23. The molecule has 1 N–H and O–H groups in total. The van der Waals surface area contributed by atoms with Crippen LogP contribution in [0.25, 0.3) is 0 Å². The van der Waals surface area contributed by atoms with Crippen molar-refractivity contribution in [3.63, 3.8) is 0 Å². The van der Waals surface area contributed by atoms with Crippen LogP contribution in [0.1, 0.15) is 68.9 Å². The van der Waals surface area contributed by atoms with Gasteiger partial charge in [0.1, 0.15) is 5.75 Å². The van der Waals surface area contributed by atoms with Crippen molar-refractivity contribution in [2.45, 2.75) is 64.2 Å². The van der Waals surface area contributed by atoms with Crippen molar-refractivity contribution in [1.29, 1.82) is 0 Å². The Morgan fingerprint density at radius 3 is 2.65 bits per heavy atom. The first-order chi connectivity index (χ1) is 8.33. The third-order valence-corrected chi connectivity index (χ3v) is 3.99. The Morgan fingerprint density at radius 2 is 1.94 bits per heavy atom. The lowest BCUT2D eigenvalue weighted by atomic mass is 9.81. The second kappa shape index (κ2) is 6.09. The molecule has 0 saturated heterocycles. The molecule has 0 radical (unpaired) electrons. The van der Waals surface area contributed by atoms with E-state index in [0.29, 0.717) is 11.7 Å². The zero-order valence-electron chi connectivity index (χ0n) is 10.9. The lowest BCUT2D eigenvalue weighted by molar-refractivity contribution is 0.411. The van der Waals surface area contributed by atoms with Crippen LogP contribution in [0.4, 0.5) is 0 Å². The Bertz CT molecular complexity index is 351. The fourth-order valence-corrected chi connectivity index (χ4v) is 3.05. The predicted octanol–water partition coefficient (Wildman–Crippen LogP) is 4.78. The van der Waals surface area contributed by atoms with Gasteiger partial charge in [-0.3, -0.25) is 0 Å². The Morgan fingerprint density at radius 1 is 1.18 bits per heavy atom. The Labute approximate surface area is 105 Å². The van der Waals surface area contributed by atoms with Crippen LogP contribution >= 0.6 is 0 Å². The monoisotopic (exact) mass is 232 g/mol. The molecule has 0 bridgehead atoms. The van der Waals surface area contributed by atoms with Crippen molar-refractivity contribution in [3.8, 4) is 5.75 Å². The van der Waals surface area contributed by atoms with Crippen molar-refractivity contribution in [2.24, 2.45) is 0 Å². The van der Waals surface area contributed by atoms with Crippen molar-refractivity contribution in [3.05, 3.63) is 29.3 Å². The van der Waals surface area contributed by atoms with Gasteiger partial charge < -0.3 is 5.11 Å². The first-order valence-corrected chi connectivity index (χ1v) is 7.13. The van der Waals surface area contributed by atoms with Gasteiger partial charge in [-0.2, -0.15) is 0 Å². The van der Waals surface area contributed by atoms with Crippen LogP contribution < -0.4 is 0 Å². The van der Waals surface area contributed by atoms with E-state index in [2.05, 4.69) is 13.0 Å². The highest BCUT2D eigenvalue weighted by molar-refractivity contribution is 5.42. The molecule has 1 aromatic carbocycles. The summed E-state index contributed by atoms with van der Waals surface area (Å²) < 4.78 is 0. The van der Waals surface area contributed by atoms with Gasteiger partial charge in [-0.25, -0.2) is 0 Å². The molecular formula is C16H24O. The minimum atomic E-state index is 0.533. The average molecular weight is 232 g/mol. The zero-order chi connectivity index (χ0) is 12.1. The minimum Gasteiger partial charge on any atom is -0.508 e. The molecule has 0 spiro atoms. The largest absolute Gasteiger partial charge is 0.508 e. The van der Waals surface area contributed by atoms with E-state index in [4.69, 9.17) is 0 Å². The molecule has 1 fully saturated rings. The van der Waals surface area contributed by atoms with Crippen molar-refractivity contribution in [1.82, 2.24) is 0 Å². The van der Waals surface area contributed by atoms with Crippen LogP contribution in [0.3, 0.4) is 0 Å². The summed E-state index contributed by atoms with van der Waals surface area (Å²) in [6, 6.07) is 6.06. The van der Waals surface area contributed by atoms with Gasteiger partial charge in [0.05, 0.1) is 0 Å². The molecule has 1 aromatic rings. The number of rotatable bonds is 4. The molecule has 1 aliphatic rings. The van der Waals surface area contributed by atoms with Crippen LogP contribution in [-0.4, -0.2) is 5.11 Å². The maximum Gasteiger partial charge on any atom is 0.119 e. The molecule has 0 heterocycles. The molecule has 0 aromatic heterocycles. The van der Waals surface area contributed by atoms with E-state index in [1.54, 1.807) is 0 Å². The normalized spacial score (nSPS) is 17.2. The van der Waals surface area contributed by atoms with Gasteiger partial charge >= 0.3 is 0 Å². The number of aromatic hydroxyl groups is 1. The summed E-state index contributed by atoms with van der Waals surface area (Å²) in [5, 5.41) is 10.1. The molecule has 0 atom stereocenters. The topological polar surface area (TPSA) is 20.2 Å². The lowest BCUT2D eigenvalue weighted by Crippen LogP contribution is -2.08. The number of aryl methyl sites for hydroxylation is 1. The third-order valence-electron chi connectivity index (χ3n) is 3.99. The van der Waals surface area contributed by atoms with Crippen LogP contribution in [-0.2, 0) is 6.42 Å². The summed E-state index contributed by atoms with van der Waals surface area (Å²) in [7, 11) is 0. The quantitative estimate of drug-likeness (QED) is 0.792. The second-order valence-corrected chi connectivity index (χ2v) is 5.29. The van der Waals surface area contributed by atoms with Gasteiger partial charge in [-0.15, -0.1) is 0 Å². The number of phenols is 1. The molecule has 0 aliphatic heterocycles. The zero-order valence-corrected chi connectivity index (χ0v) is 10.9. The molecule has 0 amide bonds. The standard InChI is InChI=1S/C16H24O/c1-2-3-8-13-11-7-12-15(17)16(13)14-9-5-4-6-10-14/h7,11-12,14,17H,2-6,8-10H2,1H3. The van der Waals surface area contributed by atoms with Crippen molar-refractivity contribution < 1.29 is 5.11 Å². The average Bonchev–Trinajstić information content (AvgIpc) is 2.37. The smallest absolute Gasteiger partial charge is 0.119 e. The lowest BCUT2D eigenvalue weighted by Gasteiger charge is -2.25. The van der Waals surface area contributed by atoms with E-state index in [1.807, 2.05) is 12.1 Å². The van der Waals surface area contributed by atoms with E-state index in [0.717, 1.165) is 6.42 Å². The van der Waals surface area contributed by atoms with E-state index in [1.165, 1.54) is 56.1 Å². The Kier molecular flexibility index (Phi) is 4.47. The molecule has 1 saturated carbocycles. The fourth-order valence-electron chi connectivity index (χ4n) is 3.05. The molecule has 17 heavy (non-hydrogen) atoms. The summed E-state index contributed by atoms with van der Waals surface area (Å²) in [6.07, 6.45) is 10.1. The van der Waals surface area contributed by atoms with E-state index in [9.17, 15) is 5.11 Å². The summed E-state index contributed by atoms with van der Waals surface area (Å²) in [5.74, 6) is 1.14. The molecule has 94 valence electrons. The predicted molar refractivity (Wildman–Crippen MR) is 72.5 cm³/mol. The minimum absolute atomic E-state index is 0.533. The van der Waals surface area contributed by atoms with E-state index in [-0.39, 0.29) is 0 Å². The highest BCUT2D eigenvalue weighted by Gasteiger charge is 2.21. The first kappa shape index (κ1) is 12.5. The fraction of sp³-hybridized carbons (Fsp3) is 0.625. The molecule has 0 unspecified atom stereocenters. The van der Waals surface area contributed by atoms with E-state index >= 15 is 0 Å². The van der Waals surface area contributed by atoms with Gasteiger partial charge in [0.25, 0.3) is 0 Å². The van der Waals surface area contributed by atoms with Gasteiger partial charge in [0.15, 0.2) is 0 Å². The van der Waals surface area contributed by atoms with Crippen LogP contribution in [0.5, 0.6) is 5.75 Å². The van der Waals surface area contributed by atoms with Gasteiger partial charge in [0.2, 0.25) is 0 Å². The number of hydrogen-bond donors (Lipinski definition) is 1. The summed E-state index contributed by atoms with van der Waals surface area (Å²) in [5.41, 5.74) is 2.65. The van der Waals surface area contributed by atoms with Crippen LogP contribution in [0.2, 0.25) is 0 Å². The number of phenolic OH excluding ortho intramolecular Hbond substituents is 1. The highest BCUT2D eigenvalue weighted by atomic mass is 16.3. The highest BCUT2D eigenvalue weighted by Crippen LogP contribution is 2.39. The number of hydrogen-bond acceptors (Lipinski definition) is 1. The van der Waals surface area contributed by atoms with E-state index < -0.39 is 0 Å². The summed E-state index contributed by atoms with van der Waals surface area (Å²) in [4.78, 5) is 0. The molecular weight excluding hydrogens is 208 g/mol. The van der Waals surface area contributed by atoms with Gasteiger partial charge in [0, 0.05) is 5.56 Å². The third kappa shape index (κ3) is 3.02.